The number of aromatic amines is 1. The van der Waals surface area contributed by atoms with Crippen molar-refractivity contribution in [1.82, 2.24) is 30.1 Å². The number of hydrogen-bond acceptors (Lipinski definition) is 7. The summed E-state index contributed by atoms with van der Waals surface area (Å²) in [7, 11) is 0. The van der Waals surface area contributed by atoms with Crippen LogP contribution in [-0.2, 0) is 12.1 Å². The van der Waals surface area contributed by atoms with E-state index >= 15 is 0 Å². The van der Waals surface area contributed by atoms with Gasteiger partial charge in [-0.2, -0.15) is 0 Å². The van der Waals surface area contributed by atoms with Crippen molar-refractivity contribution in [3.8, 4) is 5.75 Å². The van der Waals surface area contributed by atoms with Gasteiger partial charge in [0.2, 0.25) is 0 Å². The van der Waals surface area contributed by atoms with Gasteiger partial charge in [-0.15, -0.1) is 5.10 Å². The van der Waals surface area contributed by atoms with Crippen LogP contribution in [0.25, 0.3) is 10.9 Å². The zero-order valence-electron chi connectivity index (χ0n) is 18.9. The molecule has 0 aliphatic heterocycles. The molecule has 1 atom stereocenters. The number of ether oxygens (including phenoxy) is 1. The third-order valence-electron chi connectivity index (χ3n) is 5.22. The van der Waals surface area contributed by atoms with Crippen LogP contribution in [0.5, 0.6) is 5.75 Å². The molecule has 0 saturated heterocycles. The summed E-state index contributed by atoms with van der Waals surface area (Å²) in [5.74, 6) is 1.48. The van der Waals surface area contributed by atoms with Gasteiger partial charge in [0.05, 0.1) is 24.8 Å². The zero-order chi connectivity index (χ0) is 22.6. The van der Waals surface area contributed by atoms with Gasteiger partial charge >= 0.3 is 0 Å². The Kier molecular flexibility index (Phi) is 7.07. The van der Waals surface area contributed by atoms with Gasteiger partial charge in [-0.05, 0) is 68.8 Å². The Hall–Kier alpha value is -2.78. The van der Waals surface area contributed by atoms with Crippen molar-refractivity contribution in [3.63, 3.8) is 0 Å². The Bertz CT molecular complexity index is 1070. The average Bonchev–Trinajstić information content (AvgIpc) is 3.20. The summed E-state index contributed by atoms with van der Waals surface area (Å²) in [6.07, 6.45) is 0.733. The van der Waals surface area contributed by atoms with E-state index in [0.717, 1.165) is 28.9 Å². The molecule has 1 unspecified atom stereocenters. The van der Waals surface area contributed by atoms with Crippen LogP contribution in [0, 0.1) is 0 Å². The van der Waals surface area contributed by atoms with E-state index in [1.165, 1.54) is 0 Å². The monoisotopic (exact) mass is 428 g/mol. The first kappa shape index (κ1) is 22.9. The van der Waals surface area contributed by atoms with E-state index in [1.54, 1.807) is 0 Å². The molecular formula is C22H32N6O3. The highest BCUT2D eigenvalue weighted by atomic mass is 16.5. The fourth-order valence-electron chi connectivity index (χ4n) is 3.78. The number of aromatic nitrogens is 5. The second-order valence-corrected chi connectivity index (χ2v) is 8.54. The van der Waals surface area contributed by atoms with Crippen LogP contribution in [0.1, 0.15) is 58.5 Å². The van der Waals surface area contributed by atoms with E-state index in [9.17, 15) is 9.90 Å². The third kappa shape index (κ3) is 5.11. The van der Waals surface area contributed by atoms with Gasteiger partial charge in [0, 0.05) is 29.6 Å². The van der Waals surface area contributed by atoms with E-state index in [1.807, 2.05) is 56.6 Å². The Morgan fingerprint density at radius 1 is 1.26 bits per heavy atom. The molecule has 0 aliphatic rings. The molecule has 0 saturated carbocycles. The Morgan fingerprint density at radius 3 is 2.68 bits per heavy atom. The molecule has 3 aromatic rings. The molecule has 0 aliphatic carbocycles. The molecule has 31 heavy (non-hydrogen) atoms. The summed E-state index contributed by atoms with van der Waals surface area (Å²) in [4.78, 5) is 17.8. The van der Waals surface area contributed by atoms with Crippen molar-refractivity contribution < 1.29 is 9.84 Å². The first-order valence-electron chi connectivity index (χ1n) is 10.7. The lowest BCUT2D eigenvalue weighted by molar-refractivity contribution is 0.127. The number of fused-ring (bicyclic) bond motifs is 1. The molecular weight excluding hydrogens is 396 g/mol. The zero-order valence-corrected chi connectivity index (χ0v) is 18.9. The molecule has 9 heteroatoms. The topological polar surface area (TPSA) is 109 Å². The second kappa shape index (κ2) is 9.57. The fraction of sp³-hybridized carbons (Fsp3) is 0.545. The highest BCUT2D eigenvalue weighted by Crippen LogP contribution is 2.27. The minimum atomic E-state index is -0.284. The van der Waals surface area contributed by atoms with Gasteiger partial charge < -0.3 is 14.8 Å². The van der Waals surface area contributed by atoms with Gasteiger partial charge in [0.15, 0.2) is 5.82 Å². The standard InChI is InChI=1S/C22H32N6O3/c1-6-19(20-24-25-26-28(20)22(3,4)5)27(10-11-29)14-16-12-15-13-17(31-7-2)8-9-18(15)23-21(16)30/h8-9,12-13,19,29H,6-7,10-11,14H2,1-5H3,(H,23,30). The van der Waals surface area contributed by atoms with E-state index in [0.29, 0.717) is 25.3 Å². The van der Waals surface area contributed by atoms with Gasteiger partial charge in [0.1, 0.15) is 5.75 Å². The van der Waals surface area contributed by atoms with Crippen LogP contribution in [0.4, 0.5) is 0 Å². The lowest BCUT2D eigenvalue weighted by atomic mass is 10.1. The molecule has 0 radical (unpaired) electrons. The van der Waals surface area contributed by atoms with Crippen molar-refractivity contribution in [3.05, 3.63) is 46.0 Å². The Morgan fingerprint density at radius 2 is 2.03 bits per heavy atom. The fourth-order valence-corrected chi connectivity index (χ4v) is 3.78. The molecule has 3 rings (SSSR count). The normalized spacial score (nSPS) is 13.1. The molecule has 2 N–H and O–H groups in total. The van der Waals surface area contributed by atoms with Crippen LogP contribution in [-0.4, -0.2) is 55.0 Å². The van der Waals surface area contributed by atoms with Gasteiger partial charge in [-0.3, -0.25) is 9.69 Å². The molecule has 2 heterocycles. The van der Waals surface area contributed by atoms with Crippen molar-refractivity contribution in [1.29, 1.82) is 0 Å². The van der Waals surface area contributed by atoms with E-state index in [-0.39, 0.29) is 23.7 Å². The average molecular weight is 429 g/mol. The largest absolute Gasteiger partial charge is 0.494 e. The highest BCUT2D eigenvalue weighted by molar-refractivity contribution is 5.80. The van der Waals surface area contributed by atoms with Crippen LogP contribution < -0.4 is 10.3 Å². The van der Waals surface area contributed by atoms with Gasteiger partial charge in [0.25, 0.3) is 5.56 Å². The lowest BCUT2D eigenvalue weighted by Crippen LogP contribution is -2.36. The van der Waals surface area contributed by atoms with Crippen LogP contribution in [0.15, 0.2) is 29.1 Å². The van der Waals surface area contributed by atoms with Gasteiger partial charge in [-0.1, -0.05) is 6.92 Å². The molecule has 168 valence electrons. The van der Waals surface area contributed by atoms with Crippen molar-refractivity contribution >= 4 is 10.9 Å². The Labute approximate surface area is 182 Å². The third-order valence-corrected chi connectivity index (χ3v) is 5.22. The number of nitrogens with one attached hydrogen (secondary N) is 1. The lowest BCUT2D eigenvalue weighted by Gasteiger charge is -2.31. The summed E-state index contributed by atoms with van der Waals surface area (Å²) in [6.45, 7) is 11.4. The summed E-state index contributed by atoms with van der Waals surface area (Å²) in [5, 5.41) is 23.0. The van der Waals surface area contributed by atoms with E-state index in [4.69, 9.17) is 4.74 Å². The number of nitrogens with zero attached hydrogens (tertiary/aromatic N) is 5. The summed E-state index contributed by atoms with van der Waals surface area (Å²) < 4.78 is 7.40. The quantitative estimate of drug-likeness (QED) is 0.539. The second-order valence-electron chi connectivity index (χ2n) is 8.54. The molecule has 0 fully saturated rings. The molecule has 2 aromatic heterocycles. The van der Waals surface area contributed by atoms with Crippen LogP contribution in [0.2, 0.25) is 0 Å². The predicted molar refractivity (Wildman–Crippen MR) is 119 cm³/mol. The van der Waals surface area contributed by atoms with Crippen molar-refractivity contribution in [2.24, 2.45) is 0 Å². The number of H-pyrrole nitrogens is 1. The van der Waals surface area contributed by atoms with Crippen LogP contribution in [0.3, 0.4) is 0 Å². The molecule has 9 nitrogen and oxygen atoms in total. The molecule has 0 amide bonds. The maximum absolute atomic E-state index is 12.8. The van der Waals surface area contributed by atoms with Gasteiger partial charge in [-0.25, -0.2) is 4.68 Å². The first-order chi connectivity index (χ1) is 14.8. The minimum Gasteiger partial charge on any atom is -0.494 e. The predicted octanol–water partition coefficient (Wildman–Crippen LogP) is 2.61. The number of aliphatic hydroxyl groups excluding tert-OH is 1. The number of pyridine rings is 1. The Balaban J connectivity index is 1.98. The first-order valence-corrected chi connectivity index (χ1v) is 10.7. The molecule has 0 bridgehead atoms. The summed E-state index contributed by atoms with van der Waals surface area (Å²) >= 11 is 0. The molecule has 0 spiro atoms. The maximum Gasteiger partial charge on any atom is 0.252 e. The molecule has 1 aromatic carbocycles. The number of aliphatic hydroxyl groups is 1. The summed E-state index contributed by atoms with van der Waals surface area (Å²) in [5.41, 5.74) is 0.940. The van der Waals surface area contributed by atoms with Crippen molar-refractivity contribution in [2.75, 3.05) is 19.8 Å². The minimum absolute atomic E-state index is 0.0342. The van der Waals surface area contributed by atoms with Crippen molar-refractivity contribution in [2.45, 2.75) is 59.2 Å². The van der Waals surface area contributed by atoms with E-state index in [2.05, 4.69) is 32.3 Å². The maximum atomic E-state index is 12.8. The SMILES string of the molecule is CCOc1ccc2[nH]c(=O)c(CN(CCO)C(CC)c3nnnn3C(C)(C)C)cc2c1. The number of hydrogen-bond donors (Lipinski definition) is 2. The number of rotatable bonds is 9. The smallest absolute Gasteiger partial charge is 0.252 e. The number of benzene rings is 1. The summed E-state index contributed by atoms with van der Waals surface area (Å²) in [6, 6.07) is 7.36. The number of tetrazole rings is 1. The van der Waals surface area contributed by atoms with E-state index < -0.39 is 0 Å². The highest BCUT2D eigenvalue weighted by Gasteiger charge is 2.29. The van der Waals surface area contributed by atoms with Crippen LogP contribution >= 0.6 is 0 Å².